The van der Waals surface area contributed by atoms with Gasteiger partial charge < -0.3 is 16.2 Å². The fraction of sp³-hybridized carbons (Fsp3) is 0.917. The summed E-state index contributed by atoms with van der Waals surface area (Å²) in [6.45, 7) is 4.05. The van der Waals surface area contributed by atoms with Crippen LogP contribution in [0.5, 0.6) is 0 Å². The second kappa shape index (κ2) is 5.15. The van der Waals surface area contributed by atoms with E-state index in [9.17, 15) is 4.79 Å². The molecule has 0 bridgehead atoms. The lowest BCUT2D eigenvalue weighted by Gasteiger charge is -2.33. The number of amides is 1. The summed E-state index contributed by atoms with van der Waals surface area (Å²) in [5, 5.41) is 12.0. The van der Waals surface area contributed by atoms with E-state index in [-0.39, 0.29) is 18.1 Å². The van der Waals surface area contributed by atoms with E-state index in [1.807, 2.05) is 13.8 Å². The van der Waals surface area contributed by atoms with E-state index in [2.05, 4.69) is 5.32 Å². The lowest BCUT2D eigenvalue weighted by molar-refractivity contribution is -0.128. The van der Waals surface area contributed by atoms with Gasteiger partial charge in [0.05, 0.1) is 5.54 Å². The first-order valence-corrected chi connectivity index (χ1v) is 6.18. The Morgan fingerprint density at radius 2 is 2.06 bits per heavy atom. The third kappa shape index (κ3) is 2.95. The van der Waals surface area contributed by atoms with Gasteiger partial charge in [0.1, 0.15) is 0 Å². The van der Waals surface area contributed by atoms with E-state index in [4.69, 9.17) is 10.8 Å². The minimum absolute atomic E-state index is 0.0530. The van der Waals surface area contributed by atoms with Crippen LogP contribution in [0.4, 0.5) is 0 Å². The number of hydrogen-bond donors (Lipinski definition) is 3. The number of aliphatic hydroxyl groups is 1. The van der Waals surface area contributed by atoms with E-state index < -0.39 is 5.54 Å². The molecule has 4 nitrogen and oxygen atoms in total. The maximum Gasteiger partial charge on any atom is 0.240 e. The average Bonchev–Trinajstić information content (AvgIpc) is 2.67. The predicted molar refractivity (Wildman–Crippen MR) is 63.9 cm³/mol. The summed E-state index contributed by atoms with van der Waals surface area (Å²) in [4.78, 5) is 12.1. The molecule has 4 heteroatoms. The molecule has 1 rings (SSSR count). The number of rotatable bonds is 5. The van der Waals surface area contributed by atoms with Crippen LogP contribution in [0.2, 0.25) is 0 Å². The number of hydrogen-bond acceptors (Lipinski definition) is 3. The molecule has 0 heterocycles. The second-order valence-corrected chi connectivity index (χ2v) is 5.21. The van der Waals surface area contributed by atoms with Crippen molar-refractivity contribution < 1.29 is 9.90 Å². The standard InChI is InChI=1S/C12H24N2O2/c1-3-11(2,8-9-15)14-10(16)12(13)6-4-5-7-12/h15H,3-9,13H2,1-2H3,(H,14,16). The lowest BCUT2D eigenvalue weighted by atomic mass is 9.91. The van der Waals surface area contributed by atoms with E-state index in [0.717, 1.165) is 32.1 Å². The van der Waals surface area contributed by atoms with E-state index >= 15 is 0 Å². The van der Waals surface area contributed by atoms with Gasteiger partial charge in [-0.2, -0.15) is 0 Å². The van der Waals surface area contributed by atoms with Crippen LogP contribution in [0.15, 0.2) is 0 Å². The molecule has 0 aromatic carbocycles. The molecule has 0 radical (unpaired) electrons. The van der Waals surface area contributed by atoms with Crippen molar-refractivity contribution in [2.45, 2.75) is 63.5 Å². The molecule has 0 spiro atoms. The van der Waals surface area contributed by atoms with Crippen molar-refractivity contribution in [2.75, 3.05) is 6.61 Å². The number of nitrogens with two attached hydrogens (primary N) is 1. The molecule has 1 unspecified atom stereocenters. The molecule has 0 aromatic heterocycles. The van der Waals surface area contributed by atoms with Gasteiger partial charge in [-0.15, -0.1) is 0 Å². The molecular formula is C12H24N2O2. The highest BCUT2D eigenvalue weighted by atomic mass is 16.3. The van der Waals surface area contributed by atoms with Crippen LogP contribution >= 0.6 is 0 Å². The first-order valence-electron chi connectivity index (χ1n) is 6.18. The third-order valence-corrected chi connectivity index (χ3v) is 3.81. The van der Waals surface area contributed by atoms with Crippen LogP contribution in [0, 0.1) is 0 Å². The predicted octanol–water partition coefficient (Wildman–Crippen LogP) is 0.925. The summed E-state index contributed by atoms with van der Waals surface area (Å²) in [6.07, 6.45) is 5.00. The molecular weight excluding hydrogens is 204 g/mol. The smallest absolute Gasteiger partial charge is 0.240 e. The fourth-order valence-electron chi connectivity index (χ4n) is 2.21. The summed E-state index contributed by atoms with van der Waals surface area (Å²) in [5.74, 6) is -0.0530. The van der Waals surface area contributed by atoms with Gasteiger partial charge in [-0.1, -0.05) is 19.8 Å². The number of carbonyl (C=O) groups is 1. The summed E-state index contributed by atoms with van der Waals surface area (Å²) in [5.41, 5.74) is 5.08. The van der Waals surface area contributed by atoms with Crippen LogP contribution in [-0.4, -0.2) is 28.7 Å². The normalized spacial score (nSPS) is 22.8. The van der Waals surface area contributed by atoms with Crippen molar-refractivity contribution in [2.24, 2.45) is 5.73 Å². The van der Waals surface area contributed by atoms with Gasteiger partial charge in [-0.3, -0.25) is 4.79 Å². The fourth-order valence-corrected chi connectivity index (χ4v) is 2.21. The SMILES string of the molecule is CCC(C)(CCO)NC(=O)C1(N)CCCC1. The minimum atomic E-state index is -0.675. The van der Waals surface area contributed by atoms with E-state index in [1.165, 1.54) is 0 Å². The van der Waals surface area contributed by atoms with Crippen molar-refractivity contribution in [3.63, 3.8) is 0 Å². The highest BCUT2D eigenvalue weighted by Crippen LogP contribution is 2.28. The Balaban J connectivity index is 2.61. The maximum absolute atomic E-state index is 12.1. The largest absolute Gasteiger partial charge is 0.396 e. The Labute approximate surface area is 97.6 Å². The van der Waals surface area contributed by atoms with Gasteiger partial charge in [-0.05, 0) is 32.6 Å². The van der Waals surface area contributed by atoms with Gasteiger partial charge in [0.2, 0.25) is 5.91 Å². The molecule has 16 heavy (non-hydrogen) atoms. The number of carbonyl (C=O) groups excluding carboxylic acids is 1. The maximum atomic E-state index is 12.1. The molecule has 1 aliphatic rings. The zero-order valence-corrected chi connectivity index (χ0v) is 10.4. The monoisotopic (exact) mass is 228 g/mol. The molecule has 4 N–H and O–H groups in total. The van der Waals surface area contributed by atoms with Gasteiger partial charge >= 0.3 is 0 Å². The van der Waals surface area contributed by atoms with Crippen LogP contribution in [-0.2, 0) is 4.79 Å². The minimum Gasteiger partial charge on any atom is -0.396 e. The molecule has 0 aromatic rings. The topological polar surface area (TPSA) is 75.3 Å². The number of aliphatic hydroxyl groups excluding tert-OH is 1. The zero-order valence-electron chi connectivity index (χ0n) is 10.4. The summed E-state index contributed by atoms with van der Waals surface area (Å²) >= 11 is 0. The molecule has 1 amide bonds. The van der Waals surface area contributed by atoms with Crippen molar-refractivity contribution in [3.8, 4) is 0 Å². The highest BCUT2D eigenvalue weighted by Gasteiger charge is 2.39. The molecule has 1 aliphatic carbocycles. The Morgan fingerprint density at radius 3 is 2.50 bits per heavy atom. The molecule has 0 aliphatic heterocycles. The zero-order chi connectivity index (χ0) is 12.2. The Morgan fingerprint density at radius 1 is 1.50 bits per heavy atom. The first-order chi connectivity index (χ1) is 7.46. The summed E-state index contributed by atoms with van der Waals surface area (Å²) in [7, 11) is 0. The van der Waals surface area contributed by atoms with Gasteiger partial charge in [0.15, 0.2) is 0 Å². The summed E-state index contributed by atoms with van der Waals surface area (Å²) in [6, 6.07) is 0. The molecule has 1 saturated carbocycles. The van der Waals surface area contributed by atoms with Crippen LogP contribution < -0.4 is 11.1 Å². The molecule has 0 saturated heterocycles. The molecule has 1 atom stereocenters. The van der Waals surface area contributed by atoms with Crippen molar-refractivity contribution in [1.82, 2.24) is 5.32 Å². The Bertz CT molecular complexity index is 249. The highest BCUT2D eigenvalue weighted by molar-refractivity contribution is 5.87. The summed E-state index contributed by atoms with van der Waals surface area (Å²) < 4.78 is 0. The van der Waals surface area contributed by atoms with Crippen molar-refractivity contribution in [3.05, 3.63) is 0 Å². The Hall–Kier alpha value is -0.610. The lowest BCUT2D eigenvalue weighted by Crippen LogP contribution is -2.58. The van der Waals surface area contributed by atoms with E-state index in [0.29, 0.717) is 6.42 Å². The van der Waals surface area contributed by atoms with Crippen LogP contribution in [0.3, 0.4) is 0 Å². The van der Waals surface area contributed by atoms with Crippen molar-refractivity contribution in [1.29, 1.82) is 0 Å². The Kier molecular flexibility index (Phi) is 4.33. The van der Waals surface area contributed by atoms with E-state index in [1.54, 1.807) is 0 Å². The van der Waals surface area contributed by atoms with Gasteiger partial charge in [0.25, 0.3) is 0 Å². The van der Waals surface area contributed by atoms with Crippen LogP contribution in [0.25, 0.3) is 0 Å². The number of nitrogens with one attached hydrogen (secondary N) is 1. The van der Waals surface area contributed by atoms with Crippen molar-refractivity contribution >= 4 is 5.91 Å². The van der Waals surface area contributed by atoms with Crippen LogP contribution in [0.1, 0.15) is 52.4 Å². The van der Waals surface area contributed by atoms with Gasteiger partial charge in [-0.25, -0.2) is 0 Å². The third-order valence-electron chi connectivity index (χ3n) is 3.81. The molecule has 94 valence electrons. The second-order valence-electron chi connectivity index (χ2n) is 5.21. The van der Waals surface area contributed by atoms with Gasteiger partial charge in [0, 0.05) is 12.1 Å². The average molecular weight is 228 g/mol. The quantitative estimate of drug-likeness (QED) is 0.655. The first kappa shape index (κ1) is 13.5. The molecule has 1 fully saturated rings.